The first-order valence-corrected chi connectivity index (χ1v) is 3.28. The Morgan fingerprint density at radius 3 is 2.25 bits per heavy atom. The molecule has 8 heavy (non-hydrogen) atoms. The summed E-state index contributed by atoms with van der Waals surface area (Å²) in [5, 5.41) is 0. The second-order valence-corrected chi connectivity index (χ2v) is 2.92. The van der Waals surface area contributed by atoms with Crippen LogP contribution in [-0.2, 0) is 4.74 Å². The molecule has 0 aromatic heterocycles. The van der Waals surface area contributed by atoms with Gasteiger partial charge in [-0.05, 0) is 18.3 Å². The third-order valence-corrected chi connectivity index (χ3v) is 1.94. The number of methoxy groups -OCH3 is 1. The molecule has 0 spiro atoms. The Balaban J connectivity index is 2.16. The summed E-state index contributed by atoms with van der Waals surface area (Å²) >= 11 is 0. The second-order valence-electron chi connectivity index (χ2n) is 2.92. The Morgan fingerprint density at radius 1 is 1.50 bits per heavy atom. The van der Waals surface area contributed by atoms with Gasteiger partial charge in [-0.25, -0.2) is 0 Å². The van der Waals surface area contributed by atoms with Gasteiger partial charge in [-0.2, -0.15) is 0 Å². The molecule has 1 nitrogen and oxygen atoms in total. The quantitative estimate of drug-likeness (QED) is 0.530. The lowest BCUT2D eigenvalue weighted by atomic mass is 10.1. The van der Waals surface area contributed by atoms with Crippen LogP contribution in [0.15, 0.2) is 0 Å². The molecule has 0 aromatic carbocycles. The lowest BCUT2D eigenvalue weighted by Gasteiger charge is -1.99. The molecule has 1 aliphatic rings. The van der Waals surface area contributed by atoms with Crippen LogP contribution in [0.4, 0.5) is 0 Å². The van der Waals surface area contributed by atoms with Crippen LogP contribution in [0.1, 0.15) is 20.3 Å². The zero-order valence-corrected chi connectivity index (χ0v) is 5.85. The Kier molecular flexibility index (Phi) is 1.57. The summed E-state index contributed by atoms with van der Waals surface area (Å²) in [6.45, 7) is 4.51. The molecule has 0 saturated heterocycles. The molecule has 0 bridgehead atoms. The highest BCUT2D eigenvalue weighted by Gasteiger charge is 2.39. The van der Waals surface area contributed by atoms with Crippen molar-refractivity contribution in [2.24, 2.45) is 11.8 Å². The molecule has 0 unspecified atom stereocenters. The molecule has 1 fully saturated rings. The predicted molar refractivity (Wildman–Crippen MR) is 33.7 cm³/mol. The van der Waals surface area contributed by atoms with Crippen molar-refractivity contribution in [3.63, 3.8) is 0 Å². The van der Waals surface area contributed by atoms with Crippen molar-refractivity contribution in [3.05, 3.63) is 0 Å². The fourth-order valence-corrected chi connectivity index (χ4v) is 1.16. The smallest absolute Gasteiger partial charge is 0.0606 e. The van der Waals surface area contributed by atoms with Crippen LogP contribution in [0, 0.1) is 11.8 Å². The minimum atomic E-state index is 0.593. The van der Waals surface area contributed by atoms with E-state index in [4.69, 9.17) is 4.74 Å². The maximum atomic E-state index is 5.14. The summed E-state index contributed by atoms with van der Waals surface area (Å²) in [7, 11) is 1.80. The number of hydrogen-bond donors (Lipinski definition) is 0. The van der Waals surface area contributed by atoms with Crippen molar-refractivity contribution in [3.8, 4) is 0 Å². The minimum Gasteiger partial charge on any atom is -0.381 e. The highest BCUT2D eigenvalue weighted by Crippen LogP contribution is 2.39. The normalized spacial score (nSPS) is 36.0. The van der Waals surface area contributed by atoms with Gasteiger partial charge in [0.15, 0.2) is 0 Å². The van der Waals surface area contributed by atoms with E-state index in [0.717, 1.165) is 11.8 Å². The van der Waals surface area contributed by atoms with Gasteiger partial charge >= 0.3 is 0 Å². The molecule has 2 atom stereocenters. The zero-order chi connectivity index (χ0) is 6.15. The minimum absolute atomic E-state index is 0.593. The van der Waals surface area contributed by atoms with Crippen LogP contribution in [-0.4, -0.2) is 13.2 Å². The summed E-state index contributed by atoms with van der Waals surface area (Å²) in [4.78, 5) is 0. The maximum absolute atomic E-state index is 5.14. The molecule has 0 N–H and O–H groups in total. The average molecular weight is 114 g/mol. The van der Waals surface area contributed by atoms with Gasteiger partial charge in [0.1, 0.15) is 0 Å². The summed E-state index contributed by atoms with van der Waals surface area (Å²) < 4.78 is 5.14. The molecular formula is C7H14O. The Hall–Kier alpha value is -0.0400. The van der Waals surface area contributed by atoms with Gasteiger partial charge in [0.05, 0.1) is 6.10 Å². The summed E-state index contributed by atoms with van der Waals surface area (Å²) in [6.07, 6.45) is 1.88. The molecule has 1 aliphatic carbocycles. The monoisotopic (exact) mass is 114 g/mol. The Morgan fingerprint density at radius 2 is 2.12 bits per heavy atom. The first-order chi connectivity index (χ1) is 3.75. The third-order valence-electron chi connectivity index (χ3n) is 1.94. The first kappa shape index (κ1) is 6.09. The third kappa shape index (κ3) is 1.03. The highest BCUT2D eigenvalue weighted by atomic mass is 16.5. The van der Waals surface area contributed by atoms with Crippen molar-refractivity contribution in [2.75, 3.05) is 7.11 Å². The Labute approximate surface area is 51.0 Å². The van der Waals surface area contributed by atoms with E-state index in [1.165, 1.54) is 6.42 Å². The number of ether oxygens (including phenoxy) is 1. The van der Waals surface area contributed by atoms with Crippen molar-refractivity contribution in [2.45, 2.75) is 26.4 Å². The van der Waals surface area contributed by atoms with Crippen LogP contribution in [0.25, 0.3) is 0 Å². The van der Waals surface area contributed by atoms with Gasteiger partial charge in [0, 0.05) is 7.11 Å². The Bertz CT molecular complexity index is 78.5. The summed E-state index contributed by atoms with van der Waals surface area (Å²) in [5.41, 5.74) is 0. The SMILES string of the molecule is CO[C@H]1C[C@@H]1C(C)C. The van der Waals surface area contributed by atoms with Crippen molar-refractivity contribution in [1.82, 2.24) is 0 Å². The predicted octanol–water partition coefficient (Wildman–Crippen LogP) is 1.68. The second kappa shape index (κ2) is 2.06. The van der Waals surface area contributed by atoms with Gasteiger partial charge in [0.2, 0.25) is 0 Å². The molecule has 0 aromatic rings. The van der Waals surface area contributed by atoms with Gasteiger partial charge < -0.3 is 4.74 Å². The van der Waals surface area contributed by atoms with E-state index in [0.29, 0.717) is 6.10 Å². The highest BCUT2D eigenvalue weighted by molar-refractivity contribution is 4.89. The fraction of sp³-hybridized carbons (Fsp3) is 1.00. The average Bonchev–Trinajstić information content (AvgIpc) is 2.42. The largest absolute Gasteiger partial charge is 0.381 e. The standard InChI is InChI=1S/C7H14O/c1-5(2)6-4-7(6)8-3/h5-7H,4H2,1-3H3/t6-,7+/m1/s1. The zero-order valence-electron chi connectivity index (χ0n) is 5.85. The lowest BCUT2D eigenvalue weighted by Crippen LogP contribution is -1.97. The van der Waals surface area contributed by atoms with E-state index < -0.39 is 0 Å². The van der Waals surface area contributed by atoms with E-state index in [2.05, 4.69) is 13.8 Å². The number of hydrogen-bond acceptors (Lipinski definition) is 1. The molecular weight excluding hydrogens is 100 g/mol. The van der Waals surface area contributed by atoms with Crippen molar-refractivity contribution >= 4 is 0 Å². The van der Waals surface area contributed by atoms with Crippen LogP contribution < -0.4 is 0 Å². The van der Waals surface area contributed by atoms with Crippen LogP contribution in [0.5, 0.6) is 0 Å². The van der Waals surface area contributed by atoms with Crippen molar-refractivity contribution in [1.29, 1.82) is 0 Å². The van der Waals surface area contributed by atoms with E-state index in [1.54, 1.807) is 7.11 Å². The summed E-state index contributed by atoms with van der Waals surface area (Å²) in [6, 6.07) is 0. The van der Waals surface area contributed by atoms with E-state index >= 15 is 0 Å². The molecule has 0 aliphatic heterocycles. The molecule has 48 valence electrons. The molecule has 0 radical (unpaired) electrons. The van der Waals surface area contributed by atoms with E-state index in [1.807, 2.05) is 0 Å². The van der Waals surface area contributed by atoms with Crippen molar-refractivity contribution < 1.29 is 4.74 Å². The van der Waals surface area contributed by atoms with E-state index in [9.17, 15) is 0 Å². The maximum Gasteiger partial charge on any atom is 0.0606 e. The topological polar surface area (TPSA) is 9.23 Å². The molecule has 0 heterocycles. The van der Waals surface area contributed by atoms with Crippen LogP contribution in [0.3, 0.4) is 0 Å². The molecule has 1 rings (SSSR count). The van der Waals surface area contributed by atoms with E-state index in [-0.39, 0.29) is 0 Å². The molecule has 0 amide bonds. The van der Waals surface area contributed by atoms with Gasteiger partial charge in [-0.15, -0.1) is 0 Å². The fourth-order valence-electron chi connectivity index (χ4n) is 1.16. The van der Waals surface area contributed by atoms with Crippen LogP contribution >= 0.6 is 0 Å². The first-order valence-electron chi connectivity index (χ1n) is 3.28. The van der Waals surface area contributed by atoms with Gasteiger partial charge in [-0.1, -0.05) is 13.8 Å². The molecule has 1 saturated carbocycles. The van der Waals surface area contributed by atoms with Gasteiger partial charge in [-0.3, -0.25) is 0 Å². The van der Waals surface area contributed by atoms with Crippen LogP contribution in [0.2, 0.25) is 0 Å². The number of rotatable bonds is 2. The van der Waals surface area contributed by atoms with Gasteiger partial charge in [0.25, 0.3) is 0 Å². The lowest BCUT2D eigenvalue weighted by molar-refractivity contribution is 0.161. The summed E-state index contributed by atoms with van der Waals surface area (Å²) in [5.74, 6) is 1.68. The molecule has 1 heteroatoms.